The summed E-state index contributed by atoms with van der Waals surface area (Å²) in [4.78, 5) is 1.94. The van der Waals surface area contributed by atoms with E-state index >= 15 is 0 Å². The Kier molecular flexibility index (Phi) is 4.11. The van der Waals surface area contributed by atoms with Crippen molar-refractivity contribution in [3.05, 3.63) is 47.3 Å². The van der Waals surface area contributed by atoms with Gasteiger partial charge in [0.05, 0.1) is 11.8 Å². The second-order valence-electron chi connectivity index (χ2n) is 5.90. The second kappa shape index (κ2) is 5.93. The molecule has 0 aliphatic carbocycles. The molecule has 1 atom stereocenters. The van der Waals surface area contributed by atoms with E-state index in [4.69, 9.17) is 0 Å². The molecule has 23 heavy (non-hydrogen) atoms. The monoisotopic (exact) mass is 326 g/mol. The molecule has 124 valence electrons. The molecule has 1 fully saturated rings. The fourth-order valence-electron chi connectivity index (χ4n) is 3.00. The van der Waals surface area contributed by atoms with Crippen LogP contribution in [0.4, 0.5) is 13.2 Å². The van der Waals surface area contributed by atoms with Crippen molar-refractivity contribution in [2.75, 3.05) is 13.1 Å². The summed E-state index contributed by atoms with van der Waals surface area (Å²) < 4.78 is 38.3. The molecule has 1 saturated heterocycles. The van der Waals surface area contributed by atoms with E-state index < -0.39 is 17.3 Å². The Hall–Kier alpha value is -1.93. The van der Waals surface area contributed by atoms with Gasteiger partial charge in [-0.2, -0.15) is 28.6 Å². The van der Waals surface area contributed by atoms with Crippen LogP contribution >= 0.6 is 0 Å². The third-order valence-corrected chi connectivity index (χ3v) is 4.10. The summed E-state index contributed by atoms with van der Waals surface area (Å²) in [6.45, 7) is 1.39. The first-order valence-electron chi connectivity index (χ1n) is 7.34. The molecule has 0 saturated carbocycles. The summed E-state index contributed by atoms with van der Waals surface area (Å²) in [5.74, 6) is 0. The van der Waals surface area contributed by atoms with E-state index in [0.717, 1.165) is 25.1 Å². The molecule has 2 aromatic rings. The third kappa shape index (κ3) is 3.53. The van der Waals surface area contributed by atoms with Crippen LogP contribution in [0.2, 0.25) is 0 Å². The van der Waals surface area contributed by atoms with Crippen molar-refractivity contribution in [3.63, 3.8) is 0 Å². The summed E-state index contributed by atoms with van der Waals surface area (Å²) in [5.41, 5.74) is -0.735. The minimum Gasteiger partial charge on any atom is -0.382 e. The van der Waals surface area contributed by atoms with Gasteiger partial charge < -0.3 is 5.11 Å². The predicted molar refractivity (Wildman–Crippen MR) is 76.2 cm³/mol. The highest BCUT2D eigenvalue weighted by molar-refractivity contribution is 5.25. The van der Waals surface area contributed by atoms with Crippen molar-refractivity contribution >= 4 is 0 Å². The molecule has 1 aliphatic rings. The number of H-pyrrole nitrogens is 1. The van der Waals surface area contributed by atoms with E-state index in [1.165, 1.54) is 12.3 Å². The van der Waals surface area contributed by atoms with E-state index in [1.54, 1.807) is 6.07 Å². The number of β-amino-alcohol motifs (C(OH)–C–C–N with tert-alkyl or cyclic N) is 1. The van der Waals surface area contributed by atoms with Crippen LogP contribution in [0.5, 0.6) is 0 Å². The number of rotatable bonds is 3. The van der Waals surface area contributed by atoms with Crippen molar-refractivity contribution in [2.45, 2.75) is 31.2 Å². The largest absolute Gasteiger partial charge is 0.416 e. The lowest BCUT2D eigenvalue weighted by Crippen LogP contribution is -2.45. The molecule has 1 aromatic heterocycles. The summed E-state index contributed by atoms with van der Waals surface area (Å²) in [5, 5.41) is 20.8. The van der Waals surface area contributed by atoms with Gasteiger partial charge in [-0.25, -0.2) is 0 Å². The van der Waals surface area contributed by atoms with Crippen LogP contribution in [0.15, 0.2) is 30.5 Å². The van der Waals surface area contributed by atoms with Crippen molar-refractivity contribution < 1.29 is 18.3 Å². The predicted octanol–water partition coefficient (Wildman–Crippen LogP) is 2.31. The fourth-order valence-corrected chi connectivity index (χ4v) is 3.00. The van der Waals surface area contributed by atoms with Crippen LogP contribution in [-0.4, -0.2) is 38.5 Å². The number of halogens is 3. The summed E-state index contributed by atoms with van der Waals surface area (Å²) in [6.07, 6.45) is -1.58. The molecule has 0 unspecified atom stereocenters. The average molecular weight is 326 g/mol. The minimum absolute atomic E-state index is 0.315. The number of benzene rings is 1. The van der Waals surface area contributed by atoms with Gasteiger partial charge in [-0.3, -0.25) is 4.90 Å². The second-order valence-corrected chi connectivity index (χ2v) is 5.90. The molecule has 0 bridgehead atoms. The minimum atomic E-state index is -4.35. The Morgan fingerprint density at radius 3 is 2.87 bits per heavy atom. The molecule has 0 spiro atoms. The van der Waals surface area contributed by atoms with Gasteiger partial charge in [0.1, 0.15) is 11.3 Å². The summed E-state index contributed by atoms with van der Waals surface area (Å²) >= 11 is 0. The highest BCUT2D eigenvalue weighted by atomic mass is 19.4. The number of aromatic amines is 1. The van der Waals surface area contributed by atoms with Gasteiger partial charge in [0.15, 0.2) is 0 Å². The number of hydrogen-bond acceptors (Lipinski definition) is 4. The van der Waals surface area contributed by atoms with Gasteiger partial charge >= 0.3 is 6.18 Å². The Bertz CT molecular complexity index is 659. The number of hydrogen-bond donors (Lipinski definition) is 2. The van der Waals surface area contributed by atoms with Gasteiger partial charge in [-0.15, -0.1) is 0 Å². The maximum atomic E-state index is 12.8. The van der Waals surface area contributed by atoms with Gasteiger partial charge in [-0.05, 0) is 31.0 Å². The van der Waals surface area contributed by atoms with Gasteiger partial charge in [0, 0.05) is 13.1 Å². The lowest BCUT2D eigenvalue weighted by molar-refractivity contribution is -0.137. The van der Waals surface area contributed by atoms with E-state index in [1.807, 2.05) is 4.90 Å². The number of nitrogens with one attached hydrogen (secondary N) is 1. The lowest BCUT2D eigenvalue weighted by Gasteiger charge is -2.38. The highest BCUT2D eigenvalue weighted by Gasteiger charge is 2.37. The standard InChI is InChI=1S/C15H17F3N4O/c16-15(17,18)12-4-1-3-11(7-12)9-22-6-2-5-14(23,10-22)13-8-19-21-20-13/h1,3-4,7-8,23H,2,5-6,9-10H2,(H,19,20,21)/t14-/m0/s1. The fraction of sp³-hybridized carbons (Fsp3) is 0.467. The molecule has 2 heterocycles. The van der Waals surface area contributed by atoms with Gasteiger partial charge in [-0.1, -0.05) is 18.2 Å². The average Bonchev–Trinajstić information content (AvgIpc) is 3.02. The number of nitrogens with zero attached hydrogens (tertiary/aromatic N) is 3. The smallest absolute Gasteiger partial charge is 0.382 e. The summed E-state index contributed by atoms with van der Waals surface area (Å²) in [7, 11) is 0. The molecule has 2 N–H and O–H groups in total. The van der Waals surface area contributed by atoms with Crippen LogP contribution in [0, 0.1) is 0 Å². The maximum Gasteiger partial charge on any atom is 0.416 e. The van der Waals surface area contributed by atoms with E-state index in [2.05, 4.69) is 15.4 Å². The van der Waals surface area contributed by atoms with E-state index in [-0.39, 0.29) is 0 Å². The normalized spacial score (nSPS) is 23.1. The Morgan fingerprint density at radius 1 is 1.35 bits per heavy atom. The Labute approximate surface area is 131 Å². The number of aromatic nitrogens is 3. The molecule has 8 heteroatoms. The van der Waals surface area contributed by atoms with Gasteiger partial charge in [0.25, 0.3) is 0 Å². The summed E-state index contributed by atoms with van der Waals surface area (Å²) in [6, 6.07) is 5.29. The van der Waals surface area contributed by atoms with Crippen LogP contribution < -0.4 is 0 Å². The molecule has 5 nitrogen and oxygen atoms in total. The number of piperidine rings is 1. The molecular formula is C15H17F3N4O. The maximum absolute atomic E-state index is 12.8. The quantitative estimate of drug-likeness (QED) is 0.908. The first-order valence-corrected chi connectivity index (χ1v) is 7.34. The SMILES string of the molecule is O[C@@]1(c2cn[nH]n2)CCCN(Cc2cccc(C(F)(F)F)c2)C1. The molecule has 1 aliphatic heterocycles. The lowest BCUT2D eigenvalue weighted by atomic mass is 9.90. The molecular weight excluding hydrogens is 309 g/mol. The molecule has 3 rings (SSSR count). The molecule has 1 aromatic carbocycles. The van der Waals surface area contributed by atoms with Crippen molar-refractivity contribution in [1.29, 1.82) is 0 Å². The van der Waals surface area contributed by atoms with Crippen molar-refractivity contribution in [3.8, 4) is 0 Å². The number of likely N-dealkylation sites (tertiary alicyclic amines) is 1. The van der Waals surface area contributed by atoms with Gasteiger partial charge in [0.2, 0.25) is 0 Å². The van der Waals surface area contributed by atoms with Crippen LogP contribution in [0.25, 0.3) is 0 Å². The number of aliphatic hydroxyl groups is 1. The van der Waals surface area contributed by atoms with Crippen molar-refractivity contribution in [2.24, 2.45) is 0 Å². The zero-order valence-corrected chi connectivity index (χ0v) is 12.3. The van der Waals surface area contributed by atoms with Crippen LogP contribution in [0.3, 0.4) is 0 Å². The zero-order chi connectivity index (χ0) is 16.5. The molecule has 0 amide bonds. The Balaban J connectivity index is 1.73. The van der Waals surface area contributed by atoms with E-state index in [0.29, 0.717) is 30.8 Å². The third-order valence-electron chi connectivity index (χ3n) is 4.10. The topological polar surface area (TPSA) is 65.0 Å². The first kappa shape index (κ1) is 15.9. The zero-order valence-electron chi connectivity index (χ0n) is 12.3. The van der Waals surface area contributed by atoms with E-state index in [9.17, 15) is 18.3 Å². The molecule has 0 radical (unpaired) electrons. The number of alkyl halides is 3. The Morgan fingerprint density at radius 2 is 2.17 bits per heavy atom. The highest BCUT2D eigenvalue weighted by Crippen LogP contribution is 2.32. The first-order chi connectivity index (χ1) is 10.9. The van der Waals surface area contributed by atoms with Crippen LogP contribution in [0.1, 0.15) is 29.7 Å². The van der Waals surface area contributed by atoms with Crippen molar-refractivity contribution in [1.82, 2.24) is 20.3 Å². The van der Waals surface area contributed by atoms with Crippen LogP contribution in [-0.2, 0) is 18.3 Å².